The zero-order chi connectivity index (χ0) is 11.8. The van der Waals surface area contributed by atoms with Gasteiger partial charge < -0.3 is 10.1 Å². The van der Waals surface area contributed by atoms with Gasteiger partial charge in [-0.25, -0.2) is 4.98 Å². The van der Waals surface area contributed by atoms with E-state index in [2.05, 4.69) is 31.1 Å². The van der Waals surface area contributed by atoms with E-state index in [0.717, 1.165) is 18.7 Å². The molecule has 1 aromatic rings. The Kier molecular flexibility index (Phi) is 3.33. The molecule has 0 aliphatic heterocycles. The molecule has 0 spiro atoms. The summed E-state index contributed by atoms with van der Waals surface area (Å²) in [7, 11) is 1.80. The van der Waals surface area contributed by atoms with E-state index in [1.54, 1.807) is 18.4 Å². The van der Waals surface area contributed by atoms with Gasteiger partial charge in [-0.3, -0.25) is 0 Å². The number of nitrogens with one attached hydrogen (secondary N) is 1. The summed E-state index contributed by atoms with van der Waals surface area (Å²) in [6, 6.07) is 0.555. The summed E-state index contributed by atoms with van der Waals surface area (Å²) >= 11 is 1.73. The van der Waals surface area contributed by atoms with E-state index < -0.39 is 0 Å². The molecule has 3 nitrogen and oxygen atoms in total. The van der Waals surface area contributed by atoms with Crippen LogP contribution in [0.15, 0.2) is 5.51 Å². The van der Waals surface area contributed by atoms with Crippen molar-refractivity contribution in [2.24, 2.45) is 5.41 Å². The Labute approximate surface area is 101 Å². The first kappa shape index (κ1) is 12.0. The number of thiazole rings is 1. The smallest absolute Gasteiger partial charge is 0.0798 e. The summed E-state index contributed by atoms with van der Waals surface area (Å²) in [6.07, 6.45) is 1.51. The topological polar surface area (TPSA) is 34.1 Å². The minimum Gasteiger partial charge on any atom is -0.381 e. The number of methoxy groups -OCH3 is 1. The van der Waals surface area contributed by atoms with Crippen LogP contribution >= 0.6 is 11.3 Å². The van der Waals surface area contributed by atoms with E-state index in [4.69, 9.17) is 4.74 Å². The first-order chi connectivity index (χ1) is 7.55. The zero-order valence-corrected chi connectivity index (χ0v) is 11.2. The number of ether oxygens (including phenoxy) is 1. The fraction of sp³-hybridized carbons (Fsp3) is 0.750. The van der Waals surface area contributed by atoms with Crippen molar-refractivity contribution in [1.82, 2.24) is 10.3 Å². The zero-order valence-electron chi connectivity index (χ0n) is 10.4. The molecule has 2 rings (SSSR count). The third kappa shape index (κ3) is 2.01. The average molecular weight is 240 g/mol. The number of hydrogen-bond donors (Lipinski definition) is 1. The molecule has 16 heavy (non-hydrogen) atoms. The molecule has 0 aromatic carbocycles. The third-order valence-corrected chi connectivity index (χ3v) is 4.75. The van der Waals surface area contributed by atoms with Gasteiger partial charge in [0.05, 0.1) is 17.3 Å². The third-order valence-electron chi connectivity index (χ3n) is 3.82. The Morgan fingerprint density at radius 1 is 1.62 bits per heavy atom. The van der Waals surface area contributed by atoms with Gasteiger partial charge in [-0.1, -0.05) is 13.8 Å². The predicted molar refractivity (Wildman–Crippen MR) is 66.7 cm³/mol. The number of hydrogen-bond acceptors (Lipinski definition) is 4. The van der Waals surface area contributed by atoms with Gasteiger partial charge in [0.2, 0.25) is 0 Å². The van der Waals surface area contributed by atoms with Crippen LogP contribution in [0.5, 0.6) is 0 Å². The van der Waals surface area contributed by atoms with Gasteiger partial charge in [0, 0.05) is 30.0 Å². The SMILES string of the molecule is COC1CC(NCc2scnc2C)C1(C)C. The van der Waals surface area contributed by atoms with Crippen LogP contribution in [0.1, 0.15) is 30.8 Å². The van der Waals surface area contributed by atoms with Crippen LogP contribution in [0.4, 0.5) is 0 Å². The number of aryl methyl sites for hydroxylation is 1. The maximum Gasteiger partial charge on any atom is 0.0798 e. The molecular weight excluding hydrogens is 220 g/mol. The maximum atomic E-state index is 5.44. The van der Waals surface area contributed by atoms with Crippen molar-refractivity contribution in [2.45, 2.75) is 45.9 Å². The molecule has 1 aliphatic rings. The van der Waals surface area contributed by atoms with Crippen molar-refractivity contribution in [1.29, 1.82) is 0 Å². The van der Waals surface area contributed by atoms with Crippen molar-refractivity contribution in [2.75, 3.05) is 7.11 Å². The lowest BCUT2D eigenvalue weighted by atomic mass is 9.64. The summed E-state index contributed by atoms with van der Waals surface area (Å²) in [5, 5.41) is 3.61. The first-order valence-corrected chi connectivity index (χ1v) is 6.58. The molecule has 2 atom stereocenters. The van der Waals surface area contributed by atoms with Crippen LogP contribution in [0, 0.1) is 12.3 Å². The highest BCUT2D eigenvalue weighted by molar-refractivity contribution is 7.09. The molecule has 1 aliphatic carbocycles. The molecular formula is C12H20N2OS. The lowest BCUT2D eigenvalue weighted by Crippen LogP contribution is -2.60. The second-order valence-corrected chi connectivity index (χ2v) is 6.02. The van der Waals surface area contributed by atoms with E-state index in [-0.39, 0.29) is 5.41 Å². The molecule has 1 N–H and O–H groups in total. The predicted octanol–water partition coefficient (Wildman–Crippen LogP) is 2.35. The summed E-state index contributed by atoms with van der Waals surface area (Å²) in [5.41, 5.74) is 3.31. The Morgan fingerprint density at radius 3 is 2.88 bits per heavy atom. The normalized spacial score (nSPS) is 27.8. The number of nitrogens with zero attached hydrogens (tertiary/aromatic N) is 1. The summed E-state index contributed by atoms with van der Waals surface area (Å²) in [4.78, 5) is 5.60. The highest BCUT2D eigenvalue weighted by atomic mass is 32.1. The summed E-state index contributed by atoms with van der Waals surface area (Å²) < 4.78 is 5.44. The van der Waals surface area contributed by atoms with Gasteiger partial charge in [0.25, 0.3) is 0 Å². The van der Waals surface area contributed by atoms with Crippen LogP contribution in [0.2, 0.25) is 0 Å². The van der Waals surface area contributed by atoms with E-state index in [9.17, 15) is 0 Å². The second-order valence-electron chi connectivity index (χ2n) is 5.08. The molecule has 4 heteroatoms. The molecule has 1 saturated carbocycles. The standard InChI is InChI=1S/C12H20N2OS/c1-8-9(16-7-14-8)6-13-10-5-11(15-4)12(10,2)3/h7,10-11,13H,5-6H2,1-4H3. The van der Waals surface area contributed by atoms with Crippen molar-refractivity contribution in [3.8, 4) is 0 Å². The van der Waals surface area contributed by atoms with Crippen LogP contribution in [0.3, 0.4) is 0 Å². The largest absolute Gasteiger partial charge is 0.381 e. The van der Waals surface area contributed by atoms with Gasteiger partial charge in [-0.2, -0.15) is 0 Å². The van der Waals surface area contributed by atoms with E-state index in [0.29, 0.717) is 12.1 Å². The summed E-state index contributed by atoms with van der Waals surface area (Å²) in [5.74, 6) is 0. The van der Waals surface area contributed by atoms with E-state index in [1.807, 2.05) is 5.51 Å². The fourth-order valence-electron chi connectivity index (χ4n) is 2.34. The quantitative estimate of drug-likeness (QED) is 0.877. The van der Waals surface area contributed by atoms with Gasteiger partial charge in [0.15, 0.2) is 0 Å². The fourth-order valence-corrected chi connectivity index (χ4v) is 3.07. The van der Waals surface area contributed by atoms with Gasteiger partial charge in [-0.05, 0) is 13.3 Å². The minimum absolute atomic E-state index is 0.243. The second kappa shape index (κ2) is 4.43. The van der Waals surface area contributed by atoms with Crippen molar-refractivity contribution >= 4 is 11.3 Å². The number of rotatable bonds is 4. The Balaban J connectivity index is 1.87. The van der Waals surface area contributed by atoms with Crippen LogP contribution < -0.4 is 5.32 Å². The lowest BCUT2D eigenvalue weighted by molar-refractivity contribution is -0.0978. The summed E-state index contributed by atoms with van der Waals surface area (Å²) in [6.45, 7) is 7.53. The van der Waals surface area contributed by atoms with Crippen molar-refractivity contribution in [3.63, 3.8) is 0 Å². The van der Waals surface area contributed by atoms with Crippen molar-refractivity contribution < 1.29 is 4.74 Å². The molecule has 0 saturated heterocycles. The molecule has 0 bridgehead atoms. The molecule has 0 amide bonds. The van der Waals surface area contributed by atoms with Crippen LogP contribution in [-0.4, -0.2) is 24.2 Å². The monoisotopic (exact) mass is 240 g/mol. The van der Waals surface area contributed by atoms with Crippen LogP contribution in [0.25, 0.3) is 0 Å². The molecule has 1 fully saturated rings. The Hall–Kier alpha value is -0.450. The van der Waals surface area contributed by atoms with Gasteiger partial charge in [0.1, 0.15) is 0 Å². The van der Waals surface area contributed by atoms with Crippen molar-refractivity contribution in [3.05, 3.63) is 16.1 Å². The molecule has 1 heterocycles. The Bertz CT molecular complexity index is 362. The molecule has 2 unspecified atom stereocenters. The van der Waals surface area contributed by atoms with E-state index >= 15 is 0 Å². The van der Waals surface area contributed by atoms with E-state index in [1.165, 1.54) is 4.88 Å². The molecule has 0 radical (unpaired) electrons. The molecule has 1 aromatic heterocycles. The van der Waals surface area contributed by atoms with Gasteiger partial charge in [-0.15, -0.1) is 11.3 Å². The maximum absolute atomic E-state index is 5.44. The highest BCUT2D eigenvalue weighted by Crippen LogP contribution is 2.42. The average Bonchev–Trinajstić information content (AvgIpc) is 2.63. The lowest BCUT2D eigenvalue weighted by Gasteiger charge is -2.51. The number of aromatic nitrogens is 1. The van der Waals surface area contributed by atoms with Crippen LogP contribution in [-0.2, 0) is 11.3 Å². The first-order valence-electron chi connectivity index (χ1n) is 5.71. The van der Waals surface area contributed by atoms with Gasteiger partial charge >= 0.3 is 0 Å². The Morgan fingerprint density at radius 2 is 2.38 bits per heavy atom. The highest BCUT2D eigenvalue weighted by Gasteiger charge is 2.48. The molecule has 90 valence electrons. The minimum atomic E-state index is 0.243.